The van der Waals surface area contributed by atoms with Gasteiger partial charge >= 0.3 is 0 Å². The van der Waals surface area contributed by atoms with E-state index in [0.29, 0.717) is 11.9 Å². The third kappa shape index (κ3) is 9.36. The Bertz CT molecular complexity index is 153. The van der Waals surface area contributed by atoms with Gasteiger partial charge in [0.15, 0.2) is 5.96 Å². The Hall–Kier alpha value is -0.730. The van der Waals surface area contributed by atoms with Gasteiger partial charge in [0.1, 0.15) is 0 Å². The molecule has 0 aromatic heterocycles. The van der Waals surface area contributed by atoms with E-state index in [4.69, 9.17) is 5.73 Å². The molecule has 0 unspecified atom stereocenters. The molecule has 0 bridgehead atoms. The first kappa shape index (κ1) is 13.3. The lowest BCUT2D eigenvalue weighted by Crippen LogP contribution is -2.32. The summed E-state index contributed by atoms with van der Waals surface area (Å²) in [6.45, 7) is 8.25. The van der Waals surface area contributed by atoms with Gasteiger partial charge in [-0.15, -0.1) is 0 Å². The van der Waals surface area contributed by atoms with Crippen molar-refractivity contribution in [3.05, 3.63) is 0 Å². The Morgan fingerprint density at radius 3 is 2.57 bits per heavy atom. The number of nitrogens with one attached hydrogen (secondary N) is 1. The van der Waals surface area contributed by atoms with Gasteiger partial charge in [-0.1, -0.05) is 40.0 Å². The highest BCUT2D eigenvalue weighted by Crippen LogP contribution is 1.96. The lowest BCUT2D eigenvalue weighted by atomic mass is 10.2. The van der Waals surface area contributed by atoms with Crippen LogP contribution < -0.4 is 11.1 Å². The van der Waals surface area contributed by atoms with Crippen LogP contribution in [0.1, 0.15) is 46.5 Å². The summed E-state index contributed by atoms with van der Waals surface area (Å²) in [6.07, 6.45) is 5.05. The number of unbranched alkanes of at least 4 members (excludes halogenated alkanes) is 3. The summed E-state index contributed by atoms with van der Waals surface area (Å²) in [5.41, 5.74) is 5.68. The summed E-state index contributed by atoms with van der Waals surface area (Å²) in [4.78, 5) is 4.22. The molecule has 0 heterocycles. The first-order chi connectivity index (χ1) is 6.66. The van der Waals surface area contributed by atoms with Crippen molar-refractivity contribution in [1.29, 1.82) is 0 Å². The van der Waals surface area contributed by atoms with Crippen LogP contribution in [0.2, 0.25) is 0 Å². The third-order valence-electron chi connectivity index (χ3n) is 1.96. The fourth-order valence-electron chi connectivity index (χ4n) is 1.11. The Labute approximate surface area is 88.2 Å². The van der Waals surface area contributed by atoms with E-state index in [1.54, 1.807) is 0 Å². The second-order valence-corrected chi connectivity index (χ2v) is 4.11. The van der Waals surface area contributed by atoms with E-state index < -0.39 is 0 Å². The van der Waals surface area contributed by atoms with Crippen LogP contribution in [0, 0.1) is 5.92 Å². The second-order valence-electron chi connectivity index (χ2n) is 4.11. The second kappa shape index (κ2) is 8.85. The maximum atomic E-state index is 5.68. The van der Waals surface area contributed by atoms with Gasteiger partial charge in [-0.3, -0.25) is 4.99 Å². The Morgan fingerprint density at radius 1 is 1.29 bits per heavy atom. The van der Waals surface area contributed by atoms with Gasteiger partial charge in [0.25, 0.3) is 0 Å². The zero-order chi connectivity index (χ0) is 10.8. The summed E-state index contributed by atoms with van der Waals surface area (Å²) in [7, 11) is 0. The smallest absolute Gasteiger partial charge is 0.188 e. The molecule has 0 rings (SSSR count). The van der Waals surface area contributed by atoms with Crippen molar-refractivity contribution >= 4 is 5.96 Å². The number of aliphatic imine (C=N–C) groups is 1. The summed E-state index contributed by atoms with van der Waals surface area (Å²) >= 11 is 0. The molecule has 0 radical (unpaired) electrons. The average molecular weight is 199 g/mol. The van der Waals surface area contributed by atoms with E-state index in [0.717, 1.165) is 13.1 Å². The SMILES string of the molecule is CCCCCCNC(N)=NCC(C)C. The lowest BCUT2D eigenvalue weighted by molar-refractivity contribution is 0.642. The van der Waals surface area contributed by atoms with Gasteiger partial charge < -0.3 is 11.1 Å². The minimum atomic E-state index is 0.579. The quantitative estimate of drug-likeness (QED) is 0.375. The summed E-state index contributed by atoms with van der Waals surface area (Å²) in [5.74, 6) is 1.17. The van der Waals surface area contributed by atoms with Crippen molar-refractivity contribution in [2.75, 3.05) is 13.1 Å². The van der Waals surface area contributed by atoms with Crippen molar-refractivity contribution in [3.63, 3.8) is 0 Å². The summed E-state index contributed by atoms with van der Waals surface area (Å²) in [6, 6.07) is 0. The molecule has 0 saturated heterocycles. The van der Waals surface area contributed by atoms with Gasteiger partial charge in [0.2, 0.25) is 0 Å². The summed E-state index contributed by atoms with van der Waals surface area (Å²) < 4.78 is 0. The van der Waals surface area contributed by atoms with E-state index in [1.807, 2.05) is 0 Å². The molecule has 0 aliphatic carbocycles. The van der Waals surface area contributed by atoms with Gasteiger partial charge in [-0.2, -0.15) is 0 Å². The van der Waals surface area contributed by atoms with E-state index in [-0.39, 0.29) is 0 Å². The molecular weight excluding hydrogens is 174 g/mol. The van der Waals surface area contributed by atoms with Crippen LogP contribution in [0.3, 0.4) is 0 Å². The highest BCUT2D eigenvalue weighted by Gasteiger charge is 1.93. The van der Waals surface area contributed by atoms with Gasteiger partial charge in [-0.25, -0.2) is 0 Å². The molecule has 0 amide bonds. The summed E-state index contributed by atoms with van der Waals surface area (Å²) in [5, 5.41) is 3.12. The minimum Gasteiger partial charge on any atom is -0.370 e. The van der Waals surface area contributed by atoms with Gasteiger partial charge in [0.05, 0.1) is 0 Å². The molecule has 84 valence electrons. The van der Waals surface area contributed by atoms with E-state index in [9.17, 15) is 0 Å². The van der Waals surface area contributed by atoms with Crippen LogP contribution in [-0.4, -0.2) is 19.0 Å². The molecule has 14 heavy (non-hydrogen) atoms. The molecule has 0 aliphatic heterocycles. The van der Waals surface area contributed by atoms with Crippen molar-refractivity contribution < 1.29 is 0 Å². The Balaban J connectivity index is 3.34. The Morgan fingerprint density at radius 2 is 2.00 bits per heavy atom. The van der Waals surface area contributed by atoms with Crippen molar-refractivity contribution in [2.45, 2.75) is 46.5 Å². The molecule has 0 aromatic rings. The lowest BCUT2D eigenvalue weighted by Gasteiger charge is -2.06. The highest BCUT2D eigenvalue weighted by molar-refractivity contribution is 5.77. The number of nitrogens with zero attached hydrogens (tertiary/aromatic N) is 1. The molecule has 0 atom stereocenters. The molecular formula is C11H25N3. The van der Waals surface area contributed by atoms with Crippen molar-refractivity contribution in [2.24, 2.45) is 16.6 Å². The fraction of sp³-hybridized carbons (Fsp3) is 0.909. The highest BCUT2D eigenvalue weighted by atomic mass is 15.1. The van der Waals surface area contributed by atoms with Crippen LogP contribution in [-0.2, 0) is 0 Å². The molecule has 0 fully saturated rings. The minimum absolute atomic E-state index is 0.579. The Kier molecular flexibility index (Phi) is 8.39. The topological polar surface area (TPSA) is 50.4 Å². The van der Waals surface area contributed by atoms with Crippen molar-refractivity contribution in [1.82, 2.24) is 5.32 Å². The number of nitrogens with two attached hydrogens (primary N) is 1. The van der Waals surface area contributed by atoms with Crippen molar-refractivity contribution in [3.8, 4) is 0 Å². The zero-order valence-corrected chi connectivity index (χ0v) is 9.84. The van der Waals surface area contributed by atoms with E-state index >= 15 is 0 Å². The maximum absolute atomic E-state index is 5.68. The molecule has 0 spiro atoms. The normalized spacial score (nSPS) is 12.1. The standard InChI is InChI=1S/C11H25N3/c1-4-5-6-7-8-13-11(12)14-9-10(2)3/h10H,4-9H2,1-3H3,(H3,12,13,14). The number of rotatable bonds is 7. The molecule has 0 aromatic carbocycles. The van der Waals surface area contributed by atoms with Crippen LogP contribution in [0.5, 0.6) is 0 Å². The molecule has 0 saturated carbocycles. The molecule has 3 nitrogen and oxygen atoms in total. The molecule has 3 heteroatoms. The monoisotopic (exact) mass is 199 g/mol. The van der Waals surface area contributed by atoms with E-state index in [1.165, 1.54) is 25.7 Å². The number of hydrogen-bond donors (Lipinski definition) is 2. The van der Waals surface area contributed by atoms with Crippen LogP contribution in [0.25, 0.3) is 0 Å². The van der Waals surface area contributed by atoms with Gasteiger partial charge in [-0.05, 0) is 12.3 Å². The fourth-order valence-corrected chi connectivity index (χ4v) is 1.11. The number of hydrogen-bond acceptors (Lipinski definition) is 1. The average Bonchev–Trinajstić information content (AvgIpc) is 2.14. The first-order valence-electron chi connectivity index (χ1n) is 5.70. The third-order valence-corrected chi connectivity index (χ3v) is 1.96. The van der Waals surface area contributed by atoms with Crippen LogP contribution in [0.4, 0.5) is 0 Å². The maximum Gasteiger partial charge on any atom is 0.188 e. The van der Waals surface area contributed by atoms with Crippen LogP contribution in [0.15, 0.2) is 4.99 Å². The predicted molar refractivity (Wildman–Crippen MR) is 63.5 cm³/mol. The number of guanidine groups is 1. The van der Waals surface area contributed by atoms with Crippen LogP contribution >= 0.6 is 0 Å². The largest absolute Gasteiger partial charge is 0.370 e. The molecule has 3 N–H and O–H groups in total. The molecule has 0 aliphatic rings. The van der Waals surface area contributed by atoms with E-state index in [2.05, 4.69) is 31.1 Å². The first-order valence-corrected chi connectivity index (χ1v) is 5.70. The predicted octanol–water partition coefficient (Wildman–Crippen LogP) is 2.13. The van der Waals surface area contributed by atoms with Gasteiger partial charge in [0, 0.05) is 13.1 Å². The zero-order valence-electron chi connectivity index (χ0n) is 9.84.